The zero-order valence-electron chi connectivity index (χ0n) is 13.1. The highest BCUT2D eigenvalue weighted by molar-refractivity contribution is 5.38. The molecule has 0 aliphatic heterocycles. The Morgan fingerprint density at radius 1 is 1.14 bits per heavy atom. The van der Waals surface area contributed by atoms with Crippen molar-refractivity contribution in [3.05, 3.63) is 59.4 Å². The van der Waals surface area contributed by atoms with Crippen molar-refractivity contribution in [3.63, 3.8) is 0 Å². The minimum Gasteiger partial charge on any atom is -0.489 e. The van der Waals surface area contributed by atoms with Gasteiger partial charge in [-0.3, -0.25) is 4.98 Å². The number of hydrogen-bond donors (Lipinski definition) is 1. The van der Waals surface area contributed by atoms with E-state index in [1.807, 2.05) is 44.2 Å². The Hall–Kier alpha value is -1.87. The van der Waals surface area contributed by atoms with Crippen LogP contribution in [0, 0.1) is 0 Å². The van der Waals surface area contributed by atoms with Gasteiger partial charge in [-0.05, 0) is 44.4 Å². The van der Waals surface area contributed by atoms with E-state index in [0.29, 0.717) is 5.75 Å². The third-order valence-electron chi connectivity index (χ3n) is 3.57. The van der Waals surface area contributed by atoms with Crippen LogP contribution in [0.15, 0.2) is 42.7 Å². The van der Waals surface area contributed by atoms with Gasteiger partial charge < -0.3 is 9.84 Å². The van der Waals surface area contributed by atoms with Crippen LogP contribution in [0.1, 0.15) is 44.4 Å². The van der Waals surface area contributed by atoms with E-state index in [9.17, 15) is 5.11 Å². The molecule has 1 N–H and O–H groups in total. The molecular weight excluding hydrogens is 262 g/mol. The Kier molecular flexibility index (Phi) is 4.63. The van der Waals surface area contributed by atoms with Gasteiger partial charge in [0.2, 0.25) is 0 Å². The van der Waals surface area contributed by atoms with Crippen LogP contribution in [0.25, 0.3) is 0 Å². The summed E-state index contributed by atoms with van der Waals surface area (Å²) in [7, 11) is 0. The zero-order valence-corrected chi connectivity index (χ0v) is 13.1. The highest BCUT2D eigenvalue weighted by Gasteiger charge is 2.26. The summed E-state index contributed by atoms with van der Waals surface area (Å²) < 4.78 is 5.65. The molecule has 0 aliphatic carbocycles. The van der Waals surface area contributed by atoms with Crippen molar-refractivity contribution in [2.45, 2.75) is 45.8 Å². The minimum absolute atomic E-state index is 0.0795. The molecule has 0 radical (unpaired) electrons. The maximum absolute atomic E-state index is 10.9. The van der Waals surface area contributed by atoms with E-state index < -0.39 is 5.60 Å². The lowest BCUT2D eigenvalue weighted by atomic mass is 9.88. The molecule has 0 amide bonds. The second-order valence-corrected chi connectivity index (χ2v) is 5.70. The van der Waals surface area contributed by atoms with Crippen LogP contribution in [-0.2, 0) is 12.0 Å². The van der Waals surface area contributed by atoms with Gasteiger partial charge in [0.1, 0.15) is 11.4 Å². The topological polar surface area (TPSA) is 42.4 Å². The number of aromatic nitrogens is 1. The van der Waals surface area contributed by atoms with Gasteiger partial charge in [-0.2, -0.15) is 0 Å². The largest absolute Gasteiger partial charge is 0.489 e. The van der Waals surface area contributed by atoms with Crippen LogP contribution in [0.4, 0.5) is 0 Å². The second-order valence-electron chi connectivity index (χ2n) is 5.70. The van der Waals surface area contributed by atoms with Crippen molar-refractivity contribution in [2.24, 2.45) is 0 Å². The lowest BCUT2D eigenvalue weighted by Gasteiger charge is -2.25. The van der Waals surface area contributed by atoms with E-state index in [1.165, 1.54) is 5.56 Å². The Morgan fingerprint density at radius 2 is 1.81 bits per heavy atom. The molecule has 21 heavy (non-hydrogen) atoms. The van der Waals surface area contributed by atoms with E-state index in [-0.39, 0.29) is 6.10 Å². The normalized spacial score (nSPS) is 14.0. The van der Waals surface area contributed by atoms with Gasteiger partial charge in [-0.1, -0.05) is 31.2 Å². The van der Waals surface area contributed by atoms with Gasteiger partial charge in [0.05, 0.1) is 12.3 Å². The molecule has 3 heteroatoms. The SMILES string of the molecule is CCc1ccc(C(C)(O)c2cncc(OC(C)C)c2)cc1. The Labute approximate surface area is 126 Å². The standard InChI is InChI=1S/C18H23NO2/c1-5-14-6-8-15(9-7-14)18(4,20)16-10-17(12-19-11-16)21-13(2)3/h6-13,20H,5H2,1-4H3. The number of ether oxygens (including phenoxy) is 1. The fraction of sp³-hybridized carbons (Fsp3) is 0.389. The molecular formula is C18H23NO2. The van der Waals surface area contributed by atoms with Crippen molar-refractivity contribution < 1.29 is 9.84 Å². The fourth-order valence-corrected chi connectivity index (χ4v) is 2.25. The summed E-state index contributed by atoms with van der Waals surface area (Å²) in [6.45, 7) is 7.83. The highest BCUT2D eigenvalue weighted by atomic mass is 16.5. The number of rotatable bonds is 5. The molecule has 1 aromatic carbocycles. The molecule has 0 bridgehead atoms. The van der Waals surface area contributed by atoms with Crippen molar-refractivity contribution in [1.29, 1.82) is 0 Å². The molecule has 112 valence electrons. The van der Waals surface area contributed by atoms with Crippen LogP contribution in [0.3, 0.4) is 0 Å². The first-order valence-electron chi connectivity index (χ1n) is 7.37. The van der Waals surface area contributed by atoms with Crippen molar-refractivity contribution >= 4 is 0 Å². The average Bonchev–Trinajstić information content (AvgIpc) is 2.47. The summed E-state index contributed by atoms with van der Waals surface area (Å²) in [4.78, 5) is 4.18. The van der Waals surface area contributed by atoms with E-state index in [1.54, 1.807) is 19.3 Å². The fourth-order valence-electron chi connectivity index (χ4n) is 2.25. The van der Waals surface area contributed by atoms with Crippen LogP contribution in [0.5, 0.6) is 5.75 Å². The predicted octanol–water partition coefficient (Wildman–Crippen LogP) is 3.69. The smallest absolute Gasteiger partial charge is 0.138 e. The van der Waals surface area contributed by atoms with Crippen LogP contribution < -0.4 is 4.74 Å². The van der Waals surface area contributed by atoms with Gasteiger partial charge in [-0.25, -0.2) is 0 Å². The number of aliphatic hydroxyl groups is 1. The molecule has 1 unspecified atom stereocenters. The highest BCUT2D eigenvalue weighted by Crippen LogP contribution is 2.30. The third-order valence-corrected chi connectivity index (χ3v) is 3.57. The quantitative estimate of drug-likeness (QED) is 0.911. The Bertz CT molecular complexity index is 588. The predicted molar refractivity (Wildman–Crippen MR) is 84.5 cm³/mol. The second kappa shape index (κ2) is 6.27. The number of benzene rings is 1. The summed E-state index contributed by atoms with van der Waals surface area (Å²) in [5.74, 6) is 0.674. The average molecular weight is 285 g/mol. The summed E-state index contributed by atoms with van der Waals surface area (Å²) in [6, 6.07) is 9.88. The Morgan fingerprint density at radius 3 is 2.38 bits per heavy atom. The molecule has 0 spiro atoms. The molecule has 2 rings (SSSR count). The monoisotopic (exact) mass is 285 g/mol. The maximum Gasteiger partial charge on any atom is 0.138 e. The third kappa shape index (κ3) is 3.61. The minimum atomic E-state index is -1.09. The number of pyridine rings is 1. The first-order valence-corrected chi connectivity index (χ1v) is 7.37. The maximum atomic E-state index is 10.9. The molecule has 0 saturated carbocycles. The van der Waals surface area contributed by atoms with Crippen LogP contribution in [-0.4, -0.2) is 16.2 Å². The molecule has 1 aromatic heterocycles. The van der Waals surface area contributed by atoms with Crippen LogP contribution in [0.2, 0.25) is 0 Å². The van der Waals surface area contributed by atoms with Crippen molar-refractivity contribution in [3.8, 4) is 5.75 Å². The summed E-state index contributed by atoms with van der Waals surface area (Å²) in [5.41, 5.74) is 1.74. The molecule has 1 heterocycles. The van der Waals surface area contributed by atoms with Gasteiger partial charge >= 0.3 is 0 Å². The summed E-state index contributed by atoms with van der Waals surface area (Å²) in [6.07, 6.45) is 4.42. The van der Waals surface area contributed by atoms with Gasteiger partial charge in [-0.15, -0.1) is 0 Å². The van der Waals surface area contributed by atoms with Crippen LogP contribution >= 0.6 is 0 Å². The zero-order chi connectivity index (χ0) is 15.5. The molecule has 1 atom stereocenters. The lowest BCUT2D eigenvalue weighted by Crippen LogP contribution is -2.23. The van der Waals surface area contributed by atoms with Gasteiger partial charge in [0.15, 0.2) is 0 Å². The van der Waals surface area contributed by atoms with Gasteiger partial charge in [0.25, 0.3) is 0 Å². The van der Waals surface area contributed by atoms with E-state index in [2.05, 4.69) is 11.9 Å². The Balaban J connectivity index is 2.33. The number of aryl methyl sites for hydroxylation is 1. The van der Waals surface area contributed by atoms with E-state index in [4.69, 9.17) is 4.74 Å². The molecule has 0 saturated heterocycles. The first kappa shape index (κ1) is 15.5. The van der Waals surface area contributed by atoms with Crippen molar-refractivity contribution in [1.82, 2.24) is 4.98 Å². The molecule has 0 aliphatic rings. The summed E-state index contributed by atoms with van der Waals surface area (Å²) in [5, 5.41) is 10.9. The number of nitrogens with zero attached hydrogens (tertiary/aromatic N) is 1. The number of hydrogen-bond acceptors (Lipinski definition) is 3. The molecule has 0 fully saturated rings. The molecule has 2 aromatic rings. The van der Waals surface area contributed by atoms with Crippen molar-refractivity contribution in [2.75, 3.05) is 0 Å². The lowest BCUT2D eigenvalue weighted by molar-refractivity contribution is 0.101. The van der Waals surface area contributed by atoms with E-state index in [0.717, 1.165) is 17.5 Å². The summed E-state index contributed by atoms with van der Waals surface area (Å²) >= 11 is 0. The van der Waals surface area contributed by atoms with E-state index >= 15 is 0 Å². The first-order chi connectivity index (χ1) is 9.93. The van der Waals surface area contributed by atoms with Gasteiger partial charge in [0, 0.05) is 11.8 Å². The molecule has 3 nitrogen and oxygen atoms in total.